The van der Waals surface area contributed by atoms with E-state index in [4.69, 9.17) is 4.74 Å². The van der Waals surface area contributed by atoms with E-state index in [1.807, 2.05) is 30.3 Å². The zero-order valence-corrected chi connectivity index (χ0v) is 12.2. The van der Waals surface area contributed by atoms with Gasteiger partial charge in [0.2, 0.25) is 0 Å². The number of fused-ring (bicyclic) bond motifs is 1. The normalized spacial score (nSPS) is 17.8. The molecule has 0 saturated carbocycles. The molecule has 1 aliphatic heterocycles. The fourth-order valence-electron chi connectivity index (χ4n) is 2.79. The van der Waals surface area contributed by atoms with Crippen LogP contribution in [0.25, 0.3) is 0 Å². The van der Waals surface area contributed by atoms with Gasteiger partial charge in [-0.25, -0.2) is 0 Å². The van der Waals surface area contributed by atoms with Gasteiger partial charge in [-0.2, -0.15) is 0 Å². The van der Waals surface area contributed by atoms with Gasteiger partial charge in [-0.05, 0) is 36.2 Å². The highest BCUT2D eigenvalue weighted by Crippen LogP contribution is 2.23. The minimum atomic E-state index is 0.413. The Labute approximate surface area is 126 Å². The van der Waals surface area contributed by atoms with Crippen molar-refractivity contribution in [1.82, 2.24) is 10.6 Å². The number of nitrogens with one attached hydrogen (secondary N) is 2. The van der Waals surface area contributed by atoms with Crippen LogP contribution in [0.15, 0.2) is 54.6 Å². The van der Waals surface area contributed by atoms with Crippen LogP contribution >= 0.6 is 0 Å². The molecule has 3 nitrogen and oxygen atoms in total. The van der Waals surface area contributed by atoms with Crippen LogP contribution in [0.4, 0.5) is 0 Å². The van der Waals surface area contributed by atoms with E-state index in [2.05, 4.69) is 34.9 Å². The molecule has 110 valence electrons. The first-order valence-electron chi connectivity index (χ1n) is 7.63. The Kier molecular flexibility index (Phi) is 4.87. The topological polar surface area (TPSA) is 33.3 Å². The molecule has 2 N–H and O–H groups in total. The first kappa shape index (κ1) is 14.1. The molecule has 1 atom stereocenters. The smallest absolute Gasteiger partial charge is 0.119 e. The summed E-state index contributed by atoms with van der Waals surface area (Å²) >= 11 is 0. The Bertz CT molecular complexity index is 556. The molecule has 1 heterocycles. The third-order valence-corrected chi connectivity index (χ3v) is 3.86. The maximum atomic E-state index is 5.74. The molecule has 0 aliphatic carbocycles. The molecule has 0 radical (unpaired) electrons. The van der Waals surface area contributed by atoms with E-state index in [1.54, 1.807) is 0 Å². The van der Waals surface area contributed by atoms with Crippen molar-refractivity contribution in [2.24, 2.45) is 0 Å². The number of benzene rings is 2. The van der Waals surface area contributed by atoms with Crippen LogP contribution < -0.4 is 15.4 Å². The molecule has 0 aromatic heterocycles. The molecule has 0 spiro atoms. The maximum Gasteiger partial charge on any atom is 0.119 e. The van der Waals surface area contributed by atoms with Gasteiger partial charge in [0, 0.05) is 19.1 Å². The van der Waals surface area contributed by atoms with E-state index in [0.717, 1.165) is 31.8 Å². The number of ether oxygens (including phenoxy) is 1. The minimum absolute atomic E-state index is 0.413. The second kappa shape index (κ2) is 7.25. The third kappa shape index (κ3) is 3.84. The van der Waals surface area contributed by atoms with Crippen molar-refractivity contribution in [1.29, 1.82) is 0 Å². The van der Waals surface area contributed by atoms with Crippen molar-refractivity contribution in [2.75, 3.05) is 19.7 Å². The van der Waals surface area contributed by atoms with Crippen molar-refractivity contribution in [2.45, 2.75) is 19.0 Å². The molecule has 1 unspecified atom stereocenters. The van der Waals surface area contributed by atoms with E-state index in [9.17, 15) is 0 Å². The Morgan fingerprint density at radius 1 is 1.05 bits per heavy atom. The van der Waals surface area contributed by atoms with Gasteiger partial charge in [0.05, 0.1) is 0 Å². The Morgan fingerprint density at radius 2 is 1.86 bits per heavy atom. The van der Waals surface area contributed by atoms with Crippen LogP contribution in [0.1, 0.15) is 23.6 Å². The molecule has 0 bridgehead atoms. The van der Waals surface area contributed by atoms with Gasteiger partial charge < -0.3 is 15.4 Å². The highest BCUT2D eigenvalue weighted by atomic mass is 16.5. The lowest BCUT2D eigenvalue weighted by Crippen LogP contribution is -2.27. The summed E-state index contributed by atoms with van der Waals surface area (Å²) < 4.78 is 5.74. The van der Waals surface area contributed by atoms with Crippen LogP contribution in [0.3, 0.4) is 0 Å². The molecule has 3 rings (SSSR count). The largest absolute Gasteiger partial charge is 0.492 e. The van der Waals surface area contributed by atoms with E-state index >= 15 is 0 Å². The van der Waals surface area contributed by atoms with Gasteiger partial charge >= 0.3 is 0 Å². The highest BCUT2D eigenvalue weighted by Gasteiger charge is 2.16. The van der Waals surface area contributed by atoms with Gasteiger partial charge in [0.25, 0.3) is 0 Å². The zero-order valence-electron chi connectivity index (χ0n) is 12.2. The fraction of sp³-hybridized carbons (Fsp3) is 0.333. The standard InChI is InChI=1S/C18H22N2O/c1-2-7-16(8-3-1)21-13-12-20-18-10-11-19-14-15-6-4-5-9-17(15)18/h1-9,18-20H,10-14H2. The highest BCUT2D eigenvalue weighted by molar-refractivity contribution is 5.31. The second-order valence-corrected chi connectivity index (χ2v) is 5.33. The Hall–Kier alpha value is -1.84. The van der Waals surface area contributed by atoms with Gasteiger partial charge in [0.1, 0.15) is 12.4 Å². The third-order valence-electron chi connectivity index (χ3n) is 3.86. The van der Waals surface area contributed by atoms with Gasteiger partial charge in [-0.15, -0.1) is 0 Å². The predicted molar refractivity (Wildman–Crippen MR) is 85.4 cm³/mol. The lowest BCUT2D eigenvalue weighted by Gasteiger charge is -2.19. The van der Waals surface area contributed by atoms with Crippen molar-refractivity contribution in [3.8, 4) is 5.75 Å². The molecule has 3 heteroatoms. The molecule has 0 fully saturated rings. The minimum Gasteiger partial charge on any atom is -0.492 e. The molecule has 21 heavy (non-hydrogen) atoms. The first-order valence-corrected chi connectivity index (χ1v) is 7.63. The van der Waals surface area contributed by atoms with Crippen LogP contribution in [0, 0.1) is 0 Å². The number of hydrogen-bond acceptors (Lipinski definition) is 3. The van der Waals surface area contributed by atoms with Crippen LogP contribution in [0.5, 0.6) is 5.75 Å². The first-order chi connectivity index (χ1) is 10.4. The number of rotatable bonds is 5. The van der Waals surface area contributed by atoms with E-state index < -0.39 is 0 Å². The maximum absolute atomic E-state index is 5.74. The lowest BCUT2D eigenvalue weighted by molar-refractivity contribution is 0.303. The summed E-state index contributed by atoms with van der Waals surface area (Å²) in [4.78, 5) is 0. The van der Waals surface area contributed by atoms with E-state index in [1.165, 1.54) is 11.1 Å². The Morgan fingerprint density at radius 3 is 2.76 bits per heavy atom. The van der Waals surface area contributed by atoms with Crippen LogP contribution in [-0.2, 0) is 6.54 Å². The average Bonchev–Trinajstić information content (AvgIpc) is 2.75. The predicted octanol–water partition coefficient (Wildman–Crippen LogP) is 2.89. The summed E-state index contributed by atoms with van der Waals surface area (Å²) in [6.45, 7) is 3.56. The summed E-state index contributed by atoms with van der Waals surface area (Å²) in [5.41, 5.74) is 2.82. The summed E-state index contributed by atoms with van der Waals surface area (Å²) in [5.74, 6) is 0.933. The summed E-state index contributed by atoms with van der Waals surface area (Å²) in [6, 6.07) is 19.1. The summed E-state index contributed by atoms with van der Waals surface area (Å²) in [7, 11) is 0. The van der Waals surface area contributed by atoms with Crippen LogP contribution in [0.2, 0.25) is 0 Å². The van der Waals surface area contributed by atoms with Gasteiger partial charge in [-0.3, -0.25) is 0 Å². The average molecular weight is 282 g/mol. The summed E-state index contributed by atoms with van der Waals surface area (Å²) in [6.07, 6.45) is 1.11. The number of hydrogen-bond donors (Lipinski definition) is 2. The molecular weight excluding hydrogens is 260 g/mol. The quantitative estimate of drug-likeness (QED) is 0.827. The van der Waals surface area contributed by atoms with Crippen molar-refractivity contribution < 1.29 is 4.74 Å². The van der Waals surface area contributed by atoms with Crippen molar-refractivity contribution in [3.63, 3.8) is 0 Å². The second-order valence-electron chi connectivity index (χ2n) is 5.33. The monoisotopic (exact) mass is 282 g/mol. The SMILES string of the molecule is c1ccc(OCCNC2CCNCc3ccccc32)cc1. The van der Waals surface area contributed by atoms with Crippen molar-refractivity contribution in [3.05, 3.63) is 65.7 Å². The lowest BCUT2D eigenvalue weighted by atomic mass is 9.99. The van der Waals surface area contributed by atoms with Gasteiger partial charge in [-0.1, -0.05) is 42.5 Å². The molecule has 0 amide bonds. The molecule has 2 aromatic rings. The van der Waals surface area contributed by atoms with Crippen molar-refractivity contribution >= 4 is 0 Å². The van der Waals surface area contributed by atoms with E-state index in [0.29, 0.717) is 12.6 Å². The number of para-hydroxylation sites is 1. The van der Waals surface area contributed by atoms with Crippen LogP contribution in [-0.4, -0.2) is 19.7 Å². The van der Waals surface area contributed by atoms with E-state index in [-0.39, 0.29) is 0 Å². The molecule has 2 aromatic carbocycles. The fourth-order valence-corrected chi connectivity index (χ4v) is 2.79. The molecular formula is C18H22N2O. The van der Waals surface area contributed by atoms with Gasteiger partial charge in [0.15, 0.2) is 0 Å². The summed E-state index contributed by atoms with van der Waals surface area (Å²) in [5, 5.41) is 7.10. The Balaban J connectivity index is 1.53. The molecule has 0 saturated heterocycles. The molecule has 1 aliphatic rings. The zero-order chi connectivity index (χ0) is 14.3.